The molecular formula is C20H44NO3P. The van der Waals surface area contributed by atoms with E-state index in [1.807, 2.05) is 0 Å². The van der Waals surface area contributed by atoms with Crippen molar-refractivity contribution in [1.82, 2.24) is 5.09 Å². The van der Waals surface area contributed by atoms with Crippen LogP contribution in [0.1, 0.15) is 98.8 Å². The van der Waals surface area contributed by atoms with Crippen LogP contribution in [0.2, 0.25) is 0 Å². The molecule has 1 N–H and O–H groups in total. The molecule has 152 valence electrons. The summed E-state index contributed by atoms with van der Waals surface area (Å²) in [6.07, 6.45) is 11.2. The average molecular weight is 378 g/mol. The smallest absolute Gasteiger partial charge is 0.296 e. The number of unbranched alkanes of at least 4 members (excludes halogenated alkanes) is 3. The van der Waals surface area contributed by atoms with Crippen LogP contribution in [0.4, 0.5) is 0 Å². The zero-order valence-corrected chi connectivity index (χ0v) is 18.4. The molecule has 0 aromatic carbocycles. The first-order valence-electron chi connectivity index (χ1n) is 10.7. The van der Waals surface area contributed by atoms with E-state index in [0.717, 1.165) is 38.5 Å². The predicted molar refractivity (Wildman–Crippen MR) is 109 cm³/mol. The van der Waals surface area contributed by atoms with E-state index >= 15 is 0 Å². The van der Waals surface area contributed by atoms with E-state index in [1.165, 1.54) is 25.7 Å². The highest BCUT2D eigenvalue weighted by atomic mass is 31.2. The Labute approximate surface area is 157 Å². The number of rotatable bonds is 18. The van der Waals surface area contributed by atoms with Crippen molar-refractivity contribution >= 4 is 7.75 Å². The lowest BCUT2D eigenvalue weighted by molar-refractivity contribution is 0.144. The van der Waals surface area contributed by atoms with Crippen LogP contribution in [0, 0.1) is 11.8 Å². The molecule has 2 atom stereocenters. The minimum Gasteiger partial charge on any atom is -0.296 e. The molecule has 0 aliphatic carbocycles. The minimum absolute atomic E-state index is 0.465. The molecule has 0 spiro atoms. The van der Waals surface area contributed by atoms with Crippen molar-refractivity contribution in [1.29, 1.82) is 0 Å². The van der Waals surface area contributed by atoms with Gasteiger partial charge in [-0.15, -0.1) is 0 Å². The lowest BCUT2D eigenvalue weighted by atomic mass is 10.0. The third kappa shape index (κ3) is 13.0. The van der Waals surface area contributed by atoms with Gasteiger partial charge in [0.05, 0.1) is 13.2 Å². The SMILES string of the molecule is CCCCNP(=O)(OCC(CC)CCCC)OCC(CC)CCCC. The van der Waals surface area contributed by atoms with Gasteiger partial charge in [-0.2, -0.15) is 0 Å². The topological polar surface area (TPSA) is 47.6 Å². The van der Waals surface area contributed by atoms with E-state index in [2.05, 4.69) is 39.7 Å². The Morgan fingerprint density at radius 1 is 0.760 bits per heavy atom. The molecule has 0 rings (SSSR count). The minimum atomic E-state index is -3.20. The third-order valence-corrected chi connectivity index (χ3v) is 6.47. The molecule has 0 amide bonds. The summed E-state index contributed by atoms with van der Waals surface area (Å²) in [7, 11) is -3.20. The second-order valence-electron chi connectivity index (χ2n) is 7.18. The summed E-state index contributed by atoms with van der Waals surface area (Å²) in [6, 6.07) is 0. The summed E-state index contributed by atoms with van der Waals surface area (Å²) in [4.78, 5) is 0. The first-order chi connectivity index (χ1) is 12.0. The second kappa shape index (κ2) is 16.3. The van der Waals surface area contributed by atoms with Gasteiger partial charge in [0.25, 0.3) is 0 Å². The van der Waals surface area contributed by atoms with Crippen LogP contribution in [-0.4, -0.2) is 19.8 Å². The van der Waals surface area contributed by atoms with Crippen molar-refractivity contribution < 1.29 is 13.6 Å². The fourth-order valence-electron chi connectivity index (χ4n) is 2.72. The molecule has 0 aromatic heterocycles. The van der Waals surface area contributed by atoms with Gasteiger partial charge in [-0.25, -0.2) is 9.65 Å². The number of nitrogens with one attached hydrogen (secondary N) is 1. The van der Waals surface area contributed by atoms with Gasteiger partial charge in [0.1, 0.15) is 0 Å². The van der Waals surface area contributed by atoms with Crippen LogP contribution in [0.5, 0.6) is 0 Å². The maximum absolute atomic E-state index is 13.1. The average Bonchev–Trinajstić information content (AvgIpc) is 2.62. The fourth-order valence-corrected chi connectivity index (χ4v) is 4.23. The Bertz CT molecular complexity index is 315. The zero-order valence-electron chi connectivity index (χ0n) is 17.5. The normalized spacial score (nSPS) is 16.5. The van der Waals surface area contributed by atoms with Gasteiger partial charge in [0.15, 0.2) is 0 Å². The molecule has 0 aliphatic rings. The summed E-state index contributed by atoms with van der Waals surface area (Å²) in [5.74, 6) is 0.929. The van der Waals surface area contributed by atoms with Crippen molar-refractivity contribution in [3.63, 3.8) is 0 Å². The predicted octanol–water partition coefficient (Wildman–Crippen LogP) is 6.95. The zero-order chi connectivity index (χ0) is 19.0. The molecule has 0 aromatic rings. The summed E-state index contributed by atoms with van der Waals surface area (Å²) in [5, 5.41) is 3.08. The third-order valence-electron chi connectivity index (χ3n) is 4.88. The summed E-state index contributed by atoms with van der Waals surface area (Å²) in [5.41, 5.74) is 0. The monoisotopic (exact) mass is 377 g/mol. The lowest BCUT2D eigenvalue weighted by Crippen LogP contribution is -2.21. The molecule has 0 saturated heterocycles. The van der Waals surface area contributed by atoms with Gasteiger partial charge < -0.3 is 0 Å². The number of hydrogen-bond acceptors (Lipinski definition) is 3. The Balaban J connectivity index is 4.60. The first-order valence-corrected chi connectivity index (χ1v) is 12.2. The molecule has 0 bridgehead atoms. The summed E-state index contributed by atoms with van der Waals surface area (Å²) >= 11 is 0. The maximum atomic E-state index is 13.1. The van der Waals surface area contributed by atoms with E-state index < -0.39 is 7.75 Å². The van der Waals surface area contributed by atoms with Crippen LogP contribution in [0.25, 0.3) is 0 Å². The standard InChI is InChI=1S/C20H44NO3P/c1-6-11-14-19(9-4)17-23-25(22,21-16-13-8-3)24-18-20(10-5)15-12-7-2/h19-20H,6-18H2,1-5H3,(H,21,22). The summed E-state index contributed by atoms with van der Waals surface area (Å²) < 4.78 is 24.8. The molecule has 25 heavy (non-hydrogen) atoms. The van der Waals surface area contributed by atoms with E-state index in [9.17, 15) is 4.57 Å². The fraction of sp³-hybridized carbons (Fsp3) is 1.00. The van der Waals surface area contributed by atoms with Crippen molar-refractivity contribution in [2.45, 2.75) is 98.8 Å². The van der Waals surface area contributed by atoms with Gasteiger partial charge in [0, 0.05) is 6.54 Å². The van der Waals surface area contributed by atoms with Crippen molar-refractivity contribution in [3.05, 3.63) is 0 Å². The van der Waals surface area contributed by atoms with Gasteiger partial charge in [-0.05, 0) is 31.1 Å². The Hall–Kier alpha value is 0.110. The molecule has 5 heteroatoms. The van der Waals surface area contributed by atoms with Crippen LogP contribution < -0.4 is 5.09 Å². The van der Waals surface area contributed by atoms with E-state index in [1.54, 1.807) is 0 Å². The molecule has 0 radical (unpaired) electrons. The van der Waals surface area contributed by atoms with E-state index in [4.69, 9.17) is 9.05 Å². The quantitative estimate of drug-likeness (QED) is 0.207. The van der Waals surface area contributed by atoms with E-state index in [0.29, 0.717) is 31.6 Å². The Kier molecular flexibility index (Phi) is 16.4. The van der Waals surface area contributed by atoms with Crippen molar-refractivity contribution in [2.24, 2.45) is 11.8 Å². The molecular weight excluding hydrogens is 333 g/mol. The highest BCUT2D eigenvalue weighted by Gasteiger charge is 2.26. The Morgan fingerprint density at radius 3 is 1.56 bits per heavy atom. The van der Waals surface area contributed by atoms with E-state index in [-0.39, 0.29) is 0 Å². The van der Waals surface area contributed by atoms with Crippen molar-refractivity contribution in [3.8, 4) is 0 Å². The second-order valence-corrected chi connectivity index (χ2v) is 9.01. The van der Waals surface area contributed by atoms with Crippen LogP contribution in [-0.2, 0) is 13.6 Å². The van der Waals surface area contributed by atoms with Crippen LogP contribution in [0.15, 0.2) is 0 Å². The van der Waals surface area contributed by atoms with Gasteiger partial charge in [-0.1, -0.05) is 79.6 Å². The van der Waals surface area contributed by atoms with Crippen LogP contribution >= 0.6 is 7.75 Å². The first kappa shape index (κ1) is 25.1. The van der Waals surface area contributed by atoms with Gasteiger partial charge >= 0.3 is 7.75 Å². The van der Waals surface area contributed by atoms with Crippen LogP contribution in [0.3, 0.4) is 0 Å². The summed E-state index contributed by atoms with van der Waals surface area (Å²) in [6.45, 7) is 12.6. The highest BCUT2D eigenvalue weighted by molar-refractivity contribution is 7.51. The highest BCUT2D eigenvalue weighted by Crippen LogP contribution is 2.45. The van der Waals surface area contributed by atoms with Crippen molar-refractivity contribution in [2.75, 3.05) is 19.8 Å². The Morgan fingerprint density at radius 2 is 1.20 bits per heavy atom. The van der Waals surface area contributed by atoms with Gasteiger partial charge in [-0.3, -0.25) is 9.05 Å². The largest absolute Gasteiger partial charge is 0.405 e. The molecule has 4 nitrogen and oxygen atoms in total. The van der Waals surface area contributed by atoms with Gasteiger partial charge in [0.2, 0.25) is 0 Å². The number of hydrogen-bond donors (Lipinski definition) is 1. The molecule has 0 fully saturated rings. The molecule has 0 heterocycles. The molecule has 0 aliphatic heterocycles. The molecule has 2 unspecified atom stereocenters. The maximum Gasteiger partial charge on any atom is 0.405 e. The molecule has 0 saturated carbocycles. The lowest BCUT2D eigenvalue weighted by Gasteiger charge is -2.24.